The lowest BCUT2D eigenvalue weighted by molar-refractivity contribution is -0.145. The maximum absolute atomic E-state index is 12.6. The van der Waals surface area contributed by atoms with Crippen molar-refractivity contribution in [3.8, 4) is 0 Å². The van der Waals surface area contributed by atoms with Gasteiger partial charge in [0.2, 0.25) is 5.91 Å². The van der Waals surface area contributed by atoms with E-state index in [1.165, 1.54) is 12.8 Å². The summed E-state index contributed by atoms with van der Waals surface area (Å²) in [6.45, 7) is 3.60. The monoisotopic (exact) mass is 289 g/mol. The van der Waals surface area contributed by atoms with Crippen molar-refractivity contribution in [2.75, 3.05) is 19.8 Å². The molecule has 1 aliphatic heterocycles. The maximum Gasteiger partial charge on any atom is 0.226 e. The summed E-state index contributed by atoms with van der Waals surface area (Å²) in [6.07, 6.45) is 2.50. The Hall–Kier alpha value is -1.39. The third kappa shape index (κ3) is 3.27. The van der Waals surface area contributed by atoms with E-state index in [4.69, 9.17) is 4.74 Å². The second-order valence-corrected chi connectivity index (χ2v) is 6.38. The predicted molar refractivity (Wildman–Crippen MR) is 79.7 cm³/mol. The number of carbonyl (C=O) groups is 1. The van der Waals surface area contributed by atoms with E-state index in [-0.39, 0.29) is 18.4 Å². The highest BCUT2D eigenvalue weighted by Gasteiger charge is 2.40. The number of morpholine rings is 1. The van der Waals surface area contributed by atoms with Gasteiger partial charge in [-0.15, -0.1) is 0 Å². The fraction of sp³-hybridized carbons (Fsp3) is 0.588. The fourth-order valence-electron chi connectivity index (χ4n) is 3.10. The molecule has 114 valence electrons. The molecule has 1 heterocycles. The van der Waals surface area contributed by atoms with Crippen LogP contribution in [0.2, 0.25) is 0 Å². The Morgan fingerprint density at radius 1 is 1.38 bits per heavy atom. The van der Waals surface area contributed by atoms with Crippen molar-refractivity contribution in [2.24, 2.45) is 5.92 Å². The number of rotatable bonds is 4. The summed E-state index contributed by atoms with van der Waals surface area (Å²) in [6, 6.07) is 9.62. The maximum atomic E-state index is 12.6. The summed E-state index contributed by atoms with van der Waals surface area (Å²) < 4.78 is 5.52. The molecule has 2 unspecified atom stereocenters. The van der Waals surface area contributed by atoms with E-state index < -0.39 is 5.60 Å². The first-order chi connectivity index (χ1) is 10.1. The third-order valence-corrected chi connectivity index (χ3v) is 4.54. The molecule has 4 nitrogen and oxygen atoms in total. The molecule has 1 aliphatic carbocycles. The van der Waals surface area contributed by atoms with Gasteiger partial charge in [0.25, 0.3) is 0 Å². The predicted octanol–water partition coefficient (Wildman–Crippen LogP) is 1.92. The summed E-state index contributed by atoms with van der Waals surface area (Å²) >= 11 is 0. The minimum Gasteiger partial charge on any atom is -0.385 e. The van der Waals surface area contributed by atoms with E-state index in [2.05, 4.69) is 0 Å². The molecule has 4 heteroatoms. The van der Waals surface area contributed by atoms with Gasteiger partial charge in [0, 0.05) is 6.54 Å². The number of amides is 1. The molecule has 2 fully saturated rings. The SMILES string of the molecule is CC(O)(CC(=O)N1CCOCC1C1CC1)c1ccccc1. The number of carbonyl (C=O) groups excluding carboxylic acids is 1. The smallest absolute Gasteiger partial charge is 0.226 e. The fourth-order valence-corrected chi connectivity index (χ4v) is 3.10. The zero-order valence-corrected chi connectivity index (χ0v) is 12.5. The largest absolute Gasteiger partial charge is 0.385 e. The molecule has 0 radical (unpaired) electrons. The average Bonchev–Trinajstić information content (AvgIpc) is 3.32. The summed E-state index contributed by atoms with van der Waals surface area (Å²) in [4.78, 5) is 14.6. The average molecular weight is 289 g/mol. The van der Waals surface area contributed by atoms with Crippen molar-refractivity contribution >= 4 is 5.91 Å². The van der Waals surface area contributed by atoms with Crippen LogP contribution in [0.15, 0.2) is 30.3 Å². The van der Waals surface area contributed by atoms with Gasteiger partial charge in [-0.05, 0) is 31.2 Å². The van der Waals surface area contributed by atoms with Gasteiger partial charge in [0.1, 0.15) is 0 Å². The molecule has 2 atom stereocenters. The Bertz CT molecular complexity index is 496. The number of benzene rings is 1. The number of aliphatic hydroxyl groups is 1. The van der Waals surface area contributed by atoms with Gasteiger partial charge in [0.15, 0.2) is 0 Å². The van der Waals surface area contributed by atoms with Crippen LogP contribution in [0.5, 0.6) is 0 Å². The van der Waals surface area contributed by atoms with Crippen molar-refractivity contribution in [1.82, 2.24) is 4.90 Å². The number of hydrogen-bond acceptors (Lipinski definition) is 3. The van der Waals surface area contributed by atoms with Gasteiger partial charge in [0.05, 0.1) is 31.3 Å². The first-order valence-corrected chi connectivity index (χ1v) is 7.73. The molecule has 0 aromatic heterocycles. The zero-order chi connectivity index (χ0) is 14.9. The van der Waals surface area contributed by atoms with E-state index in [1.807, 2.05) is 35.2 Å². The minimum absolute atomic E-state index is 0.0315. The Labute approximate surface area is 125 Å². The highest BCUT2D eigenvalue weighted by Crippen LogP contribution is 2.37. The first-order valence-electron chi connectivity index (χ1n) is 7.73. The first kappa shape index (κ1) is 14.5. The van der Waals surface area contributed by atoms with Crippen LogP contribution < -0.4 is 0 Å². The topological polar surface area (TPSA) is 49.8 Å². The summed E-state index contributed by atoms with van der Waals surface area (Å²) in [7, 11) is 0. The molecule has 1 amide bonds. The molecule has 1 aromatic rings. The van der Waals surface area contributed by atoms with Gasteiger partial charge in [-0.1, -0.05) is 30.3 Å². The lowest BCUT2D eigenvalue weighted by atomic mass is 9.91. The zero-order valence-electron chi connectivity index (χ0n) is 12.5. The van der Waals surface area contributed by atoms with Gasteiger partial charge in [-0.2, -0.15) is 0 Å². The van der Waals surface area contributed by atoms with Crippen molar-refractivity contribution in [2.45, 2.75) is 37.8 Å². The lowest BCUT2D eigenvalue weighted by Gasteiger charge is -2.37. The van der Waals surface area contributed by atoms with Crippen molar-refractivity contribution in [1.29, 1.82) is 0 Å². The Balaban J connectivity index is 1.69. The number of ether oxygens (including phenoxy) is 1. The van der Waals surface area contributed by atoms with Crippen molar-refractivity contribution < 1.29 is 14.6 Å². The van der Waals surface area contributed by atoms with E-state index in [1.54, 1.807) is 6.92 Å². The van der Waals surface area contributed by atoms with Crippen LogP contribution in [0, 0.1) is 5.92 Å². The minimum atomic E-state index is -1.12. The lowest BCUT2D eigenvalue weighted by Crippen LogP contribution is -2.51. The summed E-state index contributed by atoms with van der Waals surface area (Å²) in [5, 5.41) is 10.6. The Kier molecular flexibility index (Phi) is 4.00. The molecule has 1 saturated heterocycles. The highest BCUT2D eigenvalue weighted by atomic mass is 16.5. The van der Waals surface area contributed by atoms with Crippen LogP contribution in [0.4, 0.5) is 0 Å². The normalized spacial score (nSPS) is 25.4. The standard InChI is InChI=1S/C17H23NO3/c1-17(20,14-5-3-2-4-6-14)11-16(19)18-9-10-21-12-15(18)13-7-8-13/h2-6,13,15,20H,7-12H2,1H3. The van der Waals surface area contributed by atoms with Gasteiger partial charge in [-0.25, -0.2) is 0 Å². The van der Waals surface area contributed by atoms with Crippen LogP contribution in [0.1, 0.15) is 31.7 Å². The van der Waals surface area contributed by atoms with Crippen LogP contribution in [0.25, 0.3) is 0 Å². The molecule has 0 bridgehead atoms. The molecule has 1 aromatic carbocycles. The molecule has 0 spiro atoms. The molecular weight excluding hydrogens is 266 g/mol. The van der Waals surface area contributed by atoms with Crippen LogP contribution >= 0.6 is 0 Å². The summed E-state index contributed by atoms with van der Waals surface area (Å²) in [5.41, 5.74) is -0.334. The second-order valence-electron chi connectivity index (χ2n) is 6.38. The van der Waals surface area contributed by atoms with Crippen LogP contribution in [-0.4, -0.2) is 41.7 Å². The van der Waals surface area contributed by atoms with Gasteiger partial charge >= 0.3 is 0 Å². The van der Waals surface area contributed by atoms with E-state index in [0.717, 1.165) is 5.56 Å². The van der Waals surface area contributed by atoms with Gasteiger partial charge < -0.3 is 14.7 Å². The van der Waals surface area contributed by atoms with E-state index >= 15 is 0 Å². The van der Waals surface area contributed by atoms with Crippen LogP contribution in [-0.2, 0) is 15.1 Å². The molecule has 2 aliphatic rings. The second kappa shape index (κ2) is 5.78. The van der Waals surface area contributed by atoms with Crippen molar-refractivity contribution in [3.63, 3.8) is 0 Å². The van der Waals surface area contributed by atoms with E-state index in [0.29, 0.717) is 25.7 Å². The number of nitrogens with zero attached hydrogens (tertiary/aromatic N) is 1. The molecule has 3 rings (SSSR count). The van der Waals surface area contributed by atoms with E-state index in [9.17, 15) is 9.90 Å². The summed E-state index contributed by atoms with van der Waals surface area (Å²) in [5.74, 6) is 0.625. The molecule has 1 N–H and O–H groups in total. The molecule has 21 heavy (non-hydrogen) atoms. The van der Waals surface area contributed by atoms with Crippen LogP contribution in [0.3, 0.4) is 0 Å². The third-order valence-electron chi connectivity index (χ3n) is 4.54. The highest BCUT2D eigenvalue weighted by molar-refractivity contribution is 5.78. The number of hydrogen-bond donors (Lipinski definition) is 1. The quantitative estimate of drug-likeness (QED) is 0.921. The Morgan fingerprint density at radius 2 is 2.10 bits per heavy atom. The molecule has 1 saturated carbocycles. The molecular formula is C17H23NO3. The Morgan fingerprint density at radius 3 is 2.76 bits per heavy atom. The van der Waals surface area contributed by atoms with Gasteiger partial charge in [-0.3, -0.25) is 4.79 Å². The van der Waals surface area contributed by atoms with Crippen molar-refractivity contribution in [3.05, 3.63) is 35.9 Å².